The first kappa shape index (κ1) is 21.7. The van der Waals surface area contributed by atoms with Crippen molar-refractivity contribution in [3.63, 3.8) is 0 Å². The van der Waals surface area contributed by atoms with E-state index < -0.39 is 11.9 Å². The Labute approximate surface area is 165 Å². The molecule has 0 aliphatic heterocycles. The van der Waals surface area contributed by atoms with Crippen LogP contribution < -0.4 is 11.1 Å². The highest BCUT2D eigenvalue weighted by Gasteiger charge is 2.33. The van der Waals surface area contributed by atoms with Crippen molar-refractivity contribution >= 4 is 47.0 Å². The zero-order chi connectivity index (χ0) is 17.7. The van der Waals surface area contributed by atoms with Gasteiger partial charge in [-0.25, -0.2) is 9.98 Å². The second kappa shape index (κ2) is 9.37. The van der Waals surface area contributed by atoms with Crippen molar-refractivity contribution in [2.75, 3.05) is 5.32 Å². The van der Waals surface area contributed by atoms with Gasteiger partial charge in [0.05, 0.1) is 6.54 Å². The fraction of sp³-hybridized carbons (Fsp3) is 0.375. The van der Waals surface area contributed by atoms with Crippen LogP contribution >= 0.6 is 35.3 Å². The number of nitrogens with zero attached hydrogens (tertiary/aromatic N) is 2. The zero-order valence-electron chi connectivity index (χ0n) is 13.8. The van der Waals surface area contributed by atoms with Gasteiger partial charge in [-0.05, 0) is 30.0 Å². The molecule has 1 aromatic heterocycles. The summed E-state index contributed by atoms with van der Waals surface area (Å²) < 4.78 is 37.4. The van der Waals surface area contributed by atoms with Crippen molar-refractivity contribution < 1.29 is 13.2 Å². The van der Waals surface area contributed by atoms with E-state index in [-0.39, 0.29) is 41.5 Å². The Morgan fingerprint density at radius 1 is 1.32 bits per heavy atom. The number of halogens is 4. The number of anilines is 1. The van der Waals surface area contributed by atoms with Crippen LogP contribution in [0.4, 0.5) is 18.9 Å². The molecule has 3 N–H and O–H groups in total. The number of thiazole rings is 1. The van der Waals surface area contributed by atoms with Crippen LogP contribution in [0.3, 0.4) is 0 Å². The summed E-state index contributed by atoms with van der Waals surface area (Å²) in [7, 11) is 0. The maximum atomic E-state index is 12.5. The Bertz CT molecular complexity index is 698. The molecule has 0 spiro atoms. The number of hydrogen-bond acceptors (Lipinski definition) is 3. The Kier molecular flexibility index (Phi) is 8.13. The molecule has 1 atom stereocenters. The normalized spacial score (nSPS) is 13.2. The third-order valence-electron chi connectivity index (χ3n) is 3.59. The number of alkyl halides is 3. The Morgan fingerprint density at radius 2 is 1.96 bits per heavy atom. The summed E-state index contributed by atoms with van der Waals surface area (Å²) in [5.41, 5.74) is 6.88. The standard InChI is InChI=1S/C16H19F3N4S.HI/c1-3-10(2)11-4-6-12(7-5-11)22-15(20)21-8-14-23-13(9-24-14)16(17,18)19;/h4-7,9-10H,3,8H2,1-2H3,(H3,20,21,22);1H. The van der Waals surface area contributed by atoms with E-state index in [0.29, 0.717) is 5.92 Å². The molecule has 1 aromatic carbocycles. The maximum absolute atomic E-state index is 12.5. The van der Waals surface area contributed by atoms with Gasteiger partial charge in [0.1, 0.15) is 5.01 Å². The number of aromatic nitrogens is 1. The van der Waals surface area contributed by atoms with Gasteiger partial charge < -0.3 is 11.1 Å². The minimum atomic E-state index is -4.43. The molecule has 2 aromatic rings. The Morgan fingerprint density at radius 3 is 2.48 bits per heavy atom. The van der Waals surface area contributed by atoms with Gasteiger partial charge in [-0.15, -0.1) is 35.3 Å². The fourth-order valence-corrected chi connectivity index (χ4v) is 2.71. The number of nitrogens with two attached hydrogens (primary N) is 1. The summed E-state index contributed by atoms with van der Waals surface area (Å²) in [5, 5.41) is 4.15. The summed E-state index contributed by atoms with van der Waals surface area (Å²) in [4.78, 5) is 7.53. The minimum absolute atomic E-state index is 0. The van der Waals surface area contributed by atoms with Crippen LogP contribution in [0.25, 0.3) is 0 Å². The molecule has 0 saturated heterocycles. The van der Waals surface area contributed by atoms with Crippen molar-refractivity contribution in [3.8, 4) is 0 Å². The van der Waals surface area contributed by atoms with Crippen LogP contribution in [-0.4, -0.2) is 10.9 Å². The molecule has 1 unspecified atom stereocenters. The van der Waals surface area contributed by atoms with E-state index in [4.69, 9.17) is 5.73 Å². The Balaban J connectivity index is 0.00000312. The highest BCUT2D eigenvalue weighted by molar-refractivity contribution is 14.0. The third kappa shape index (κ3) is 6.46. The predicted octanol–water partition coefficient (Wildman–Crippen LogP) is 5.22. The van der Waals surface area contributed by atoms with Crippen LogP contribution in [0.1, 0.15) is 42.5 Å². The predicted molar refractivity (Wildman–Crippen MR) is 107 cm³/mol. The van der Waals surface area contributed by atoms with E-state index in [1.165, 1.54) is 5.56 Å². The number of rotatable bonds is 5. The number of benzene rings is 1. The first-order valence-corrected chi connectivity index (χ1v) is 8.36. The summed E-state index contributed by atoms with van der Waals surface area (Å²) in [6, 6.07) is 7.82. The van der Waals surface area contributed by atoms with Crippen molar-refractivity contribution in [3.05, 3.63) is 45.9 Å². The number of hydrogen-bond donors (Lipinski definition) is 2. The molecule has 138 valence electrons. The van der Waals surface area contributed by atoms with Gasteiger partial charge in [0, 0.05) is 11.1 Å². The molecule has 0 fully saturated rings. The first-order chi connectivity index (χ1) is 11.3. The number of nitrogens with one attached hydrogen (secondary N) is 1. The smallest absolute Gasteiger partial charge is 0.370 e. The van der Waals surface area contributed by atoms with E-state index in [1.807, 2.05) is 24.3 Å². The molecule has 0 bridgehead atoms. The van der Waals surface area contributed by atoms with Crippen molar-refractivity contribution in [1.29, 1.82) is 0 Å². The van der Waals surface area contributed by atoms with Gasteiger partial charge in [-0.2, -0.15) is 13.2 Å². The molecule has 25 heavy (non-hydrogen) atoms. The van der Waals surface area contributed by atoms with Gasteiger partial charge in [0.15, 0.2) is 11.7 Å². The minimum Gasteiger partial charge on any atom is -0.370 e. The largest absolute Gasteiger partial charge is 0.434 e. The molecule has 0 amide bonds. The molecular formula is C16H20F3IN4S. The van der Waals surface area contributed by atoms with E-state index in [1.54, 1.807) is 0 Å². The van der Waals surface area contributed by atoms with Gasteiger partial charge in [-0.1, -0.05) is 26.0 Å². The Hall–Kier alpha value is -1.36. The molecule has 0 aliphatic carbocycles. The number of aliphatic imine (C=N–C) groups is 1. The van der Waals surface area contributed by atoms with Crippen molar-refractivity contribution in [1.82, 2.24) is 4.98 Å². The molecule has 2 rings (SSSR count). The van der Waals surface area contributed by atoms with E-state index >= 15 is 0 Å². The van der Waals surface area contributed by atoms with Gasteiger partial charge in [-0.3, -0.25) is 0 Å². The highest BCUT2D eigenvalue weighted by atomic mass is 127. The van der Waals surface area contributed by atoms with Crippen LogP contribution in [-0.2, 0) is 12.7 Å². The van der Waals surface area contributed by atoms with Gasteiger partial charge in [0.25, 0.3) is 0 Å². The van der Waals surface area contributed by atoms with Crippen LogP contribution in [0.5, 0.6) is 0 Å². The lowest BCUT2D eigenvalue weighted by molar-refractivity contribution is -0.140. The zero-order valence-corrected chi connectivity index (χ0v) is 16.9. The quantitative estimate of drug-likeness (QED) is 0.348. The molecule has 1 heterocycles. The second-order valence-corrected chi connectivity index (χ2v) is 6.32. The van der Waals surface area contributed by atoms with E-state index in [9.17, 15) is 13.2 Å². The fourth-order valence-electron chi connectivity index (χ4n) is 1.98. The molecule has 4 nitrogen and oxygen atoms in total. The van der Waals surface area contributed by atoms with Crippen LogP contribution in [0.2, 0.25) is 0 Å². The number of guanidine groups is 1. The first-order valence-electron chi connectivity index (χ1n) is 7.48. The molecule has 0 saturated carbocycles. The second-order valence-electron chi connectivity index (χ2n) is 5.38. The van der Waals surface area contributed by atoms with Gasteiger partial charge in [0.2, 0.25) is 0 Å². The van der Waals surface area contributed by atoms with E-state index in [0.717, 1.165) is 28.8 Å². The molecule has 0 aliphatic rings. The van der Waals surface area contributed by atoms with E-state index in [2.05, 4.69) is 29.1 Å². The lowest BCUT2D eigenvalue weighted by Gasteiger charge is -2.10. The summed E-state index contributed by atoms with van der Waals surface area (Å²) >= 11 is 0.911. The van der Waals surface area contributed by atoms with Gasteiger partial charge >= 0.3 is 6.18 Å². The van der Waals surface area contributed by atoms with Crippen molar-refractivity contribution in [2.24, 2.45) is 10.7 Å². The molecule has 9 heteroatoms. The van der Waals surface area contributed by atoms with Crippen LogP contribution in [0.15, 0.2) is 34.6 Å². The monoisotopic (exact) mass is 484 g/mol. The highest BCUT2D eigenvalue weighted by Crippen LogP contribution is 2.30. The molecule has 0 radical (unpaired) electrons. The van der Waals surface area contributed by atoms with Crippen molar-refractivity contribution in [2.45, 2.75) is 38.9 Å². The molecular weight excluding hydrogens is 464 g/mol. The summed E-state index contributed by atoms with van der Waals surface area (Å²) in [6.45, 7) is 4.29. The third-order valence-corrected chi connectivity index (χ3v) is 4.42. The lowest BCUT2D eigenvalue weighted by Crippen LogP contribution is -2.22. The maximum Gasteiger partial charge on any atom is 0.434 e. The average molecular weight is 484 g/mol. The lowest BCUT2D eigenvalue weighted by atomic mass is 9.99. The average Bonchev–Trinajstić information content (AvgIpc) is 3.02. The van der Waals surface area contributed by atoms with Crippen LogP contribution in [0, 0.1) is 0 Å². The summed E-state index contributed by atoms with van der Waals surface area (Å²) in [5.74, 6) is 0.618. The summed E-state index contributed by atoms with van der Waals surface area (Å²) in [6.07, 6.45) is -3.37. The SMILES string of the molecule is CCC(C)c1ccc(NC(N)=NCc2nc(C(F)(F)F)cs2)cc1.I. The topological polar surface area (TPSA) is 63.3 Å².